The van der Waals surface area contributed by atoms with Crippen LogP contribution in [-0.2, 0) is 23.7 Å². The van der Waals surface area contributed by atoms with E-state index in [1.807, 2.05) is 20.8 Å². The normalized spacial score (nSPS) is 12.8. The van der Waals surface area contributed by atoms with Crippen molar-refractivity contribution in [3.8, 4) is 0 Å². The first-order chi connectivity index (χ1) is 16.0. The highest BCUT2D eigenvalue weighted by Crippen LogP contribution is 2.24. The zero-order valence-corrected chi connectivity index (χ0v) is 22.3. The molecule has 33 heavy (non-hydrogen) atoms. The van der Waals surface area contributed by atoms with E-state index in [2.05, 4.69) is 17.6 Å². The highest BCUT2D eigenvalue weighted by molar-refractivity contribution is 5.65. The smallest absolute Gasteiger partial charge is 0.302 e. The van der Waals surface area contributed by atoms with Crippen LogP contribution in [0.1, 0.15) is 98.8 Å². The Balaban J connectivity index is 3.53. The summed E-state index contributed by atoms with van der Waals surface area (Å²) < 4.78 is 22.3. The van der Waals surface area contributed by atoms with Gasteiger partial charge in [0, 0.05) is 52.8 Å². The average Bonchev–Trinajstić information content (AvgIpc) is 2.77. The monoisotopic (exact) mass is 474 g/mol. The molecule has 0 fully saturated rings. The summed E-state index contributed by atoms with van der Waals surface area (Å²) in [5.74, 6) is -0.285. The van der Waals surface area contributed by atoms with Crippen molar-refractivity contribution in [2.75, 3.05) is 52.6 Å². The number of rotatable bonds is 25. The predicted octanol–water partition coefficient (Wildman–Crippen LogP) is 5.03. The van der Waals surface area contributed by atoms with E-state index < -0.39 is 5.97 Å². The van der Waals surface area contributed by atoms with Gasteiger partial charge >= 0.3 is 5.97 Å². The second-order valence-electron chi connectivity index (χ2n) is 8.73. The van der Waals surface area contributed by atoms with E-state index in [0.717, 1.165) is 38.4 Å². The molecule has 7 heteroatoms. The maximum absolute atomic E-state index is 10.7. The van der Waals surface area contributed by atoms with Gasteiger partial charge in [-0.25, -0.2) is 0 Å². The largest absolute Gasteiger partial charge is 0.465 e. The van der Waals surface area contributed by atoms with Crippen LogP contribution in [0.4, 0.5) is 0 Å². The molecule has 198 valence electrons. The average molecular weight is 475 g/mol. The minimum atomic E-state index is -0.842. The molecule has 0 aromatic carbocycles. The molecule has 0 saturated carbocycles. The van der Waals surface area contributed by atoms with Crippen LogP contribution >= 0.6 is 0 Å². The zero-order valence-electron chi connectivity index (χ0n) is 22.3. The molecule has 0 aliphatic rings. The standard InChI is InChI=1S/C26H54N2O5/c1-6-31-26(32-7-2,33-8-3)18-15-13-11-9-10-12-14-16-24(4)17-19-27-20-21-28-22-23-30-25(5)29/h24,27-28H,6-23H2,1-5H3. The SMILES string of the molecule is CCOC(CCCCCCCCCC(C)CCNCCNCCOC(C)=O)(OCC)OCC. The van der Waals surface area contributed by atoms with Crippen molar-refractivity contribution in [1.82, 2.24) is 10.6 Å². The molecule has 0 aliphatic carbocycles. The van der Waals surface area contributed by atoms with Crippen molar-refractivity contribution in [2.24, 2.45) is 5.92 Å². The number of esters is 1. The van der Waals surface area contributed by atoms with Gasteiger partial charge in [-0.2, -0.15) is 0 Å². The minimum Gasteiger partial charge on any atom is -0.465 e. The summed E-state index contributed by atoms with van der Waals surface area (Å²) in [4.78, 5) is 10.7. The molecule has 1 atom stereocenters. The molecule has 7 nitrogen and oxygen atoms in total. The number of ether oxygens (including phenoxy) is 4. The Morgan fingerprint density at radius 1 is 0.727 bits per heavy atom. The van der Waals surface area contributed by atoms with E-state index in [1.165, 1.54) is 58.3 Å². The van der Waals surface area contributed by atoms with Crippen LogP contribution in [0.15, 0.2) is 0 Å². The van der Waals surface area contributed by atoms with E-state index in [-0.39, 0.29) is 5.97 Å². The summed E-state index contributed by atoms with van der Waals surface area (Å²) in [5.41, 5.74) is 0. The molecule has 2 N–H and O–H groups in total. The van der Waals surface area contributed by atoms with E-state index in [9.17, 15) is 4.79 Å². The van der Waals surface area contributed by atoms with Gasteiger partial charge in [-0.1, -0.05) is 51.9 Å². The summed E-state index contributed by atoms with van der Waals surface area (Å²) >= 11 is 0. The Morgan fingerprint density at radius 2 is 1.24 bits per heavy atom. The molecular formula is C26H54N2O5. The maximum atomic E-state index is 10.7. The van der Waals surface area contributed by atoms with E-state index in [0.29, 0.717) is 33.0 Å². The number of carbonyl (C=O) groups excluding carboxylic acids is 1. The lowest BCUT2D eigenvalue weighted by Crippen LogP contribution is -2.39. The third-order valence-corrected chi connectivity index (χ3v) is 5.65. The Morgan fingerprint density at radius 3 is 1.79 bits per heavy atom. The molecular weight excluding hydrogens is 420 g/mol. The fraction of sp³-hybridized carbons (Fsp3) is 0.962. The first kappa shape index (κ1) is 32.3. The molecule has 0 aliphatic heterocycles. The Labute approximate surface area is 204 Å². The lowest BCUT2D eigenvalue weighted by molar-refractivity contribution is -0.380. The van der Waals surface area contributed by atoms with E-state index in [1.54, 1.807) is 0 Å². The van der Waals surface area contributed by atoms with Crippen molar-refractivity contribution in [1.29, 1.82) is 0 Å². The number of nitrogens with one attached hydrogen (secondary N) is 2. The molecule has 0 heterocycles. The van der Waals surface area contributed by atoms with Crippen molar-refractivity contribution < 1.29 is 23.7 Å². The van der Waals surface area contributed by atoms with Crippen LogP contribution in [-0.4, -0.2) is 64.5 Å². The summed E-state index contributed by atoms with van der Waals surface area (Å²) in [6, 6.07) is 0. The van der Waals surface area contributed by atoms with Gasteiger partial charge in [-0.05, 0) is 46.1 Å². The van der Waals surface area contributed by atoms with Crippen LogP contribution in [0.3, 0.4) is 0 Å². The Bertz CT molecular complexity index is 420. The highest BCUT2D eigenvalue weighted by atomic mass is 16.9. The second kappa shape index (κ2) is 23.0. The van der Waals surface area contributed by atoms with Crippen LogP contribution in [0.25, 0.3) is 0 Å². The molecule has 0 aromatic heterocycles. The van der Waals surface area contributed by atoms with Gasteiger partial charge in [0.1, 0.15) is 6.61 Å². The van der Waals surface area contributed by atoms with Crippen molar-refractivity contribution in [2.45, 2.75) is 105 Å². The molecule has 0 rings (SSSR count). The zero-order chi connectivity index (χ0) is 24.6. The molecule has 0 amide bonds. The highest BCUT2D eigenvalue weighted by Gasteiger charge is 2.31. The van der Waals surface area contributed by atoms with Crippen LogP contribution in [0.5, 0.6) is 0 Å². The third kappa shape index (κ3) is 20.4. The quantitative estimate of drug-likeness (QED) is 0.109. The second-order valence-corrected chi connectivity index (χ2v) is 8.73. The topological polar surface area (TPSA) is 78.0 Å². The minimum absolute atomic E-state index is 0.218. The Hall–Kier alpha value is -0.730. The number of hydrogen-bond donors (Lipinski definition) is 2. The number of hydrogen-bond acceptors (Lipinski definition) is 7. The first-order valence-corrected chi connectivity index (χ1v) is 13.5. The molecule has 0 saturated heterocycles. The fourth-order valence-electron chi connectivity index (χ4n) is 3.91. The summed E-state index contributed by atoms with van der Waals surface area (Å²) in [6.07, 6.45) is 12.2. The Kier molecular flexibility index (Phi) is 22.5. The van der Waals surface area contributed by atoms with Crippen LogP contribution in [0, 0.1) is 5.92 Å². The number of carbonyl (C=O) groups is 1. The molecule has 0 aromatic rings. The van der Waals surface area contributed by atoms with E-state index in [4.69, 9.17) is 18.9 Å². The van der Waals surface area contributed by atoms with Crippen molar-refractivity contribution >= 4 is 5.97 Å². The van der Waals surface area contributed by atoms with Crippen LogP contribution in [0.2, 0.25) is 0 Å². The first-order valence-electron chi connectivity index (χ1n) is 13.5. The molecule has 0 spiro atoms. The van der Waals surface area contributed by atoms with Gasteiger partial charge in [-0.15, -0.1) is 0 Å². The van der Waals surface area contributed by atoms with Gasteiger partial charge in [0.05, 0.1) is 0 Å². The van der Waals surface area contributed by atoms with Gasteiger partial charge in [0.15, 0.2) is 0 Å². The van der Waals surface area contributed by atoms with E-state index >= 15 is 0 Å². The van der Waals surface area contributed by atoms with Gasteiger partial charge in [0.25, 0.3) is 5.97 Å². The number of unbranched alkanes of at least 4 members (excludes halogenated alkanes) is 6. The van der Waals surface area contributed by atoms with Crippen LogP contribution < -0.4 is 10.6 Å². The predicted molar refractivity (Wildman–Crippen MR) is 135 cm³/mol. The molecule has 1 unspecified atom stereocenters. The lowest BCUT2D eigenvalue weighted by Gasteiger charge is -2.32. The lowest BCUT2D eigenvalue weighted by atomic mass is 9.99. The fourth-order valence-corrected chi connectivity index (χ4v) is 3.91. The summed E-state index contributed by atoms with van der Waals surface area (Å²) in [6.45, 7) is 15.6. The van der Waals surface area contributed by atoms with Gasteiger partial charge in [-0.3, -0.25) is 4.79 Å². The third-order valence-electron chi connectivity index (χ3n) is 5.65. The maximum Gasteiger partial charge on any atom is 0.302 e. The summed E-state index contributed by atoms with van der Waals surface area (Å²) in [5, 5.41) is 6.74. The van der Waals surface area contributed by atoms with Gasteiger partial charge in [0.2, 0.25) is 0 Å². The molecule has 0 bridgehead atoms. The molecule has 0 radical (unpaired) electrons. The van der Waals surface area contributed by atoms with Crippen molar-refractivity contribution in [3.05, 3.63) is 0 Å². The van der Waals surface area contributed by atoms with Crippen molar-refractivity contribution in [3.63, 3.8) is 0 Å². The summed E-state index contributed by atoms with van der Waals surface area (Å²) in [7, 11) is 0. The van der Waals surface area contributed by atoms with Gasteiger partial charge < -0.3 is 29.6 Å².